The number of carbonyl (C=O) groups is 1. The molecule has 0 atom stereocenters. The number of benzene rings is 4. The van der Waals surface area contributed by atoms with Crippen molar-refractivity contribution >= 4 is 33.5 Å². The Morgan fingerprint density at radius 2 is 1.63 bits per heavy atom. The Kier molecular flexibility index (Phi) is 5.87. The lowest BCUT2D eigenvalue weighted by atomic mass is 10.0. The number of hydrogen-bond acceptors (Lipinski definition) is 5. The van der Waals surface area contributed by atoms with Crippen molar-refractivity contribution in [3.63, 3.8) is 0 Å². The molecule has 0 fully saturated rings. The highest BCUT2D eigenvalue weighted by molar-refractivity contribution is 6.09. The summed E-state index contributed by atoms with van der Waals surface area (Å²) in [5.74, 6) is 1.59. The minimum Gasteiger partial charge on any atom is -0.496 e. The Labute approximate surface area is 203 Å². The molecule has 6 heteroatoms. The molecule has 0 aliphatic rings. The first-order valence-corrected chi connectivity index (χ1v) is 11.4. The van der Waals surface area contributed by atoms with Gasteiger partial charge in [-0.3, -0.25) is 4.79 Å². The molecular weight excluding hydrogens is 440 g/mol. The van der Waals surface area contributed by atoms with E-state index in [1.807, 2.05) is 54.6 Å². The third-order valence-electron chi connectivity index (χ3n) is 6.09. The number of anilines is 1. The van der Waals surface area contributed by atoms with E-state index in [-0.39, 0.29) is 5.91 Å². The average molecular weight is 467 g/mol. The number of carbonyl (C=O) groups excluding carboxylic acids is 1. The first-order chi connectivity index (χ1) is 17.0. The number of fused-ring (bicyclic) bond motifs is 2. The summed E-state index contributed by atoms with van der Waals surface area (Å²) in [4.78, 5) is 18.0. The molecule has 6 nitrogen and oxygen atoms in total. The van der Waals surface area contributed by atoms with Crippen LogP contribution in [0.3, 0.4) is 0 Å². The normalized spacial score (nSPS) is 11.2. The van der Waals surface area contributed by atoms with Gasteiger partial charge in [0.2, 0.25) is 5.89 Å². The number of oxazole rings is 1. The second-order valence-electron chi connectivity index (χ2n) is 8.67. The maximum Gasteiger partial charge on any atom is 0.259 e. The van der Waals surface area contributed by atoms with Crippen molar-refractivity contribution in [3.8, 4) is 23.0 Å². The monoisotopic (exact) mass is 466 g/mol. The average Bonchev–Trinajstić information content (AvgIpc) is 3.31. The third-order valence-corrected chi connectivity index (χ3v) is 6.09. The third kappa shape index (κ3) is 4.30. The molecule has 1 N–H and O–H groups in total. The SMILES string of the molecule is COc1ccc(-c2nc3cc(C(C)C)ccc3o2)cc1NC(=O)c1cc2ccccc2cc1OC. The largest absolute Gasteiger partial charge is 0.496 e. The number of nitrogens with one attached hydrogen (secondary N) is 1. The molecule has 0 aliphatic heterocycles. The van der Waals surface area contributed by atoms with Crippen LogP contribution in [-0.4, -0.2) is 25.1 Å². The summed E-state index contributed by atoms with van der Waals surface area (Å²) in [6.07, 6.45) is 0. The van der Waals surface area contributed by atoms with Gasteiger partial charge in [0.25, 0.3) is 5.91 Å². The lowest BCUT2D eigenvalue weighted by Gasteiger charge is -2.14. The van der Waals surface area contributed by atoms with Gasteiger partial charge >= 0.3 is 0 Å². The van der Waals surface area contributed by atoms with E-state index in [9.17, 15) is 4.79 Å². The fourth-order valence-electron chi connectivity index (χ4n) is 4.12. The van der Waals surface area contributed by atoms with E-state index < -0.39 is 0 Å². The van der Waals surface area contributed by atoms with Crippen molar-refractivity contribution < 1.29 is 18.7 Å². The van der Waals surface area contributed by atoms with Gasteiger partial charge in [-0.05, 0) is 64.7 Å². The Morgan fingerprint density at radius 1 is 0.886 bits per heavy atom. The molecule has 1 heterocycles. The first kappa shape index (κ1) is 22.5. The minimum absolute atomic E-state index is 0.304. The zero-order valence-electron chi connectivity index (χ0n) is 20.1. The van der Waals surface area contributed by atoms with Crippen LogP contribution < -0.4 is 14.8 Å². The minimum atomic E-state index is -0.304. The summed E-state index contributed by atoms with van der Waals surface area (Å²) in [5.41, 5.74) is 4.38. The fourth-order valence-corrected chi connectivity index (χ4v) is 4.12. The second-order valence-corrected chi connectivity index (χ2v) is 8.67. The van der Waals surface area contributed by atoms with E-state index in [0.29, 0.717) is 40.1 Å². The molecular formula is C29H26N2O4. The zero-order valence-corrected chi connectivity index (χ0v) is 20.1. The Hall–Kier alpha value is -4.32. The number of amides is 1. The van der Waals surface area contributed by atoms with Gasteiger partial charge in [0, 0.05) is 5.56 Å². The molecule has 1 aromatic heterocycles. The molecule has 0 saturated carbocycles. The summed E-state index contributed by atoms with van der Waals surface area (Å²) >= 11 is 0. The molecule has 0 spiro atoms. The molecule has 4 aromatic carbocycles. The van der Waals surface area contributed by atoms with Gasteiger partial charge < -0.3 is 19.2 Å². The van der Waals surface area contributed by atoms with Gasteiger partial charge in [-0.15, -0.1) is 0 Å². The highest BCUT2D eigenvalue weighted by atomic mass is 16.5. The lowest BCUT2D eigenvalue weighted by molar-refractivity contribution is 0.102. The number of aromatic nitrogens is 1. The van der Waals surface area contributed by atoms with Crippen LogP contribution in [0.25, 0.3) is 33.3 Å². The smallest absolute Gasteiger partial charge is 0.259 e. The predicted octanol–water partition coefficient (Wildman–Crippen LogP) is 7.04. The molecule has 176 valence electrons. The Balaban J connectivity index is 1.51. The van der Waals surface area contributed by atoms with Crippen molar-refractivity contribution in [3.05, 3.63) is 83.9 Å². The van der Waals surface area contributed by atoms with Crippen LogP contribution in [0.15, 0.2) is 77.2 Å². The number of ether oxygens (including phenoxy) is 2. The number of nitrogens with zero attached hydrogens (tertiary/aromatic N) is 1. The number of methoxy groups -OCH3 is 2. The molecule has 0 bridgehead atoms. The second kappa shape index (κ2) is 9.14. The van der Waals surface area contributed by atoms with Gasteiger partial charge in [0.1, 0.15) is 17.0 Å². The standard InChI is InChI=1S/C29H26N2O4/c1-17(2)18-9-12-26-24(14-18)31-29(35-26)21-10-11-25(33-3)23(15-21)30-28(32)22-13-19-7-5-6-8-20(19)16-27(22)34-4/h5-17H,1-4H3,(H,30,32). The van der Waals surface area contributed by atoms with Crippen molar-refractivity contribution in [2.24, 2.45) is 0 Å². The Bertz CT molecular complexity index is 1550. The molecule has 0 saturated heterocycles. The van der Waals surface area contributed by atoms with Crippen molar-refractivity contribution in [2.75, 3.05) is 19.5 Å². The topological polar surface area (TPSA) is 73.6 Å². The highest BCUT2D eigenvalue weighted by Crippen LogP contribution is 2.34. The Morgan fingerprint density at radius 3 is 2.34 bits per heavy atom. The van der Waals surface area contributed by atoms with Gasteiger partial charge in [0.05, 0.1) is 25.5 Å². The van der Waals surface area contributed by atoms with E-state index >= 15 is 0 Å². The van der Waals surface area contributed by atoms with Crippen LogP contribution in [-0.2, 0) is 0 Å². The van der Waals surface area contributed by atoms with E-state index in [2.05, 4.69) is 30.2 Å². The predicted molar refractivity (Wildman–Crippen MR) is 139 cm³/mol. The van der Waals surface area contributed by atoms with Crippen LogP contribution in [0.5, 0.6) is 11.5 Å². The van der Waals surface area contributed by atoms with Crippen LogP contribution >= 0.6 is 0 Å². The van der Waals surface area contributed by atoms with Gasteiger partial charge in [-0.1, -0.05) is 44.2 Å². The molecule has 5 aromatic rings. The van der Waals surface area contributed by atoms with E-state index in [1.54, 1.807) is 26.4 Å². The van der Waals surface area contributed by atoms with Crippen LogP contribution in [0.2, 0.25) is 0 Å². The quantitative estimate of drug-likeness (QED) is 0.290. The van der Waals surface area contributed by atoms with Crippen molar-refractivity contribution in [1.29, 1.82) is 0 Å². The van der Waals surface area contributed by atoms with Crippen molar-refractivity contribution in [2.45, 2.75) is 19.8 Å². The lowest BCUT2D eigenvalue weighted by Crippen LogP contribution is -2.14. The van der Waals surface area contributed by atoms with E-state index in [4.69, 9.17) is 13.9 Å². The van der Waals surface area contributed by atoms with E-state index in [0.717, 1.165) is 21.9 Å². The van der Waals surface area contributed by atoms with Crippen LogP contribution in [0.1, 0.15) is 35.7 Å². The highest BCUT2D eigenvalue weighted by Gasteiger charge is 2.18. The summed E-state index contributed by atoms with van der Waals surface area (Å²) in [6.45, 7) is 4.29. The maximum absolute atomic E-state index is 13.3. The zero-order chi connectivity index (χ0) is 24.5. The molecule has 35 heavy (non-hydrogen) atoms. The molecule has 1 amide bonds. The van der Waals surface area contributed by atoms with Crippen LogP contribution in [0.4, 0.5) is 5.69 Å². The number of hydrogen-bond donors (Lipinski definition) is 1. The van der Waals surface area contributed by atoms with Gasteiger partial charge in [-0.2, -0.15) is 0 Å². The number of rotatable bonds is 6. The summed E-state index contributed by atoms with van der Waals surface area (Å²) in [5, 5.41) is 4.92. The van der Waals surface area contributed by atoms with Gasteiger partial charge in [-0.25, -0.2) is 4.98 Å². The molecule has 0 aliphatic carbocycles. The molecule has 5 rings (SSSR count). The first-order valence-electron chi connectivity index (χ1n) is 11.4. The summed E-state index contributed by atoms with van der Waals surface area (Å²) in [6, 6.07) is 23.0. The maximum atomic E-state index is 13.3. The molecule has 0 radical (unpaired) electrons. The summed E-state index contributed by atoms with van der Waals surface area (Å²) < 4.78 is 17.0. The van der Waals surface area contributed by atoms with Crippen molar-refractivity contribution in [1.82, 2.24) is 4.98 Å². The summed E-state index contributed by atoms with van der Waals surface area (Å²) in [7, 11) is 3.12. The molecule has 0 unspecified atom stereocenters. The fraction of sp³-hybridized carbons (Fsp3) is 0.172. The van der Waals surface area contributed by atoms with E-state index in [1.165, 1.54) is 5.56 Å². The van der Waals surface area contributed by atoms with Gasteiger partial charge in [0.15, 0.2) is 5.58 Å². The van der Waals surface area contributed by atoms with Crippen LogP contribution in [0, 0.1) is 0 Å².